The maximum Gasteiger partial charge on any atom is 0.241 e. The van der Waals surface area contributed by atoms with Gasteiger partial charge < -0.3 is 0 Å². The molecule has 2 rings (SSSR count). The molecule has 4 heteroatoms. The molecule has 0 amide bonds. The second-order valence-corrected chi connectivity index (χ2v) is 7.66. The molecule has 19 heavy (non-hydrogen) atoms. The lowest BCUT2D eigenvalue weighted by molar-refractivity contribution is 0.439. The van der Waals surface area contributed by atoms with Crippen LogP contribution in [-0.4, -0.2) is 14.0 Å². The van der Waals surface area contributed by atoms with Gasteiger partial charge in [-0.2, -0.15) is 0 Å². The number of hydrogen-bond donors (Lipinski definition) is 1. The highest BCUT2D eigenvalue weighted by molar-refractivity contribution is 7.89. The zero-order valence-electron chi connectivity index (χ0n) is 12.0. The molecular weight excluding hydrogens is 258 g/mol. The molecule has 0 radical (unpaired) electrons. The van der Waals surface area contributed by atoms with Gasteiger partial charge in [-0.15, -0.1) is 0 Å². The number of fused-ring (bicyclic) bond motifs is 1. The Hall–Kier alpha value is -0.870. The van der Waals surface area contributed by atoms with Crippen molar-refractivity contribution in [2.75, 3.05) is 0 Å². The topological polar surface area (TPSA) is 46.2 Å². The van der Waals surface area contributed by atoms with E-state index in [9.17, 15) is 8.42 Å². The van der Waals surface area contributed by atoms with Gasteiger partial charge in [-0.1, -0.05) is 13.0 Å². The summed E-state index contributed by atoms with van der Waals surface area (Å²) in [5, 5.41) is 0. The molecule has 0 atom stereocenters. The Balaban J connectivity index is 2.31. The quantitative estimate of drug-likeness (QED) is 0.922. The third kappa shape index (κ3) is 3.37. The van der Waals surface area contributed by atoms with Gasteiger partial charge >= 0.3 is 0 Å². The average molecular weight is 281 g/mol. The highest BCUT2D eigenvalue weighted by Crippen LogP contribution is 2.24. The van der Waals surface area contributed by atoms with Gasteiger partial charge in [-0.25, -0.2) is 13.1 Å². The Labute approximate surface area is 116 Å². The minimum Gasteiger partial charge on any atom is -0.207 e. The van der Waals surface area contributed by atoms with E-state index in [2.05, 4.69) is 4.72 Å². The van der Waals surface area contributed by atoms with Crippen LogP contribution in [0.5, 0.6) is 0 Å². The molecule has 0 unspecified atom stereocenters. The third-order valence-electron chi connectivity index (χ3n) is 3.92. The number of sulfonamides is 1. The van der Waals surface area contributed by atoms with Crippen LogP contribution in [0.4, 0.5) is 0 Å². The maximum absolute atomic E-state index is 12.4. The number of benzene rings is 1. The number of aryl methyl sites for hydroxylation is 2. The van der Waals surface area contributed by atoms with Crippen LogP contribution >= 0.6 is 0 Å². The molecule has 0 bridgehead atoms. The first-order chi connectivity index (χ1) is 8.84. The standard InChI is InChI=1S/C15H23NO2S/c1-4-15(2,3)16-19(17,18)14-10-9-12-7-5-6-8-13(12)11-14/h9-11,16H,4-8H2,1-3H3. The van der Waals surface area contributed by atoms with Crippen LogP contribution in [-0.2, 0) is 22.9 Å². The molecule has 0 saturated carbocycles. The smallest absolute Gasteiger partial charge is 0.207 e. The predicted octanol–water partition coefficient (Wildman–Crippen LogP) is 3.03. The summed E-state index contributed by atoms with van der Waals surface area (Å²) in [5.74, 6) is 0. The van der Waals surface area contributed by atoms with E-state index in [1.165, 1.54) is 17.5 Å². The largest absolute Gasteiger partial charge is 0.241 e. The van der Waals surface area contributed by atoms with E-state index < -0.39 is 15.6 Å². The van der Waals surface area contributed by atoms with Crippen molar-refractivity contribution in [2.45, 2.75) is 63.3 Å². The molecule has 1 aromatic rings. The Bertz CT molecular complexity index is 562. The van der Waals surface area contributed by atoms with E-state index in [0.29, 0.717) is 4.90 Å². The second kappa shape index (κ2) is 5.25. The molecule has 0 aromatic heterocycles. The first-order valence-electron chi connectivity index (χ1n) is 7.00. The van der Waals surface area contributed by atoms with Gasteiger partial charge in [0.1, 0.15) is 0 Å². The van der Waals surface area contributed by atoms with Gasteiger partial charge in [0.15, 0.2) is 0 Å². The van der Waals surface area contributed by atoms with Crippen molar-refractivity contribution in [3.8, 4) is 0 Å². The van der Waals surface area contributed by atoms with Gasteiger partial charge in [-0.05, 0) is 69.2 Å². The lowest BCUT2D eigenvalue weighted by Gasteiger charge is -2.25. The van der Waals surface area contributed by atoms with Crippen molar-refractivity contribution in [1.82, 2.24) is 4.72 Å². The monoisotopic (exact) mass is 281 g/mol. The van der Waals surface area contributed by atoms with E-state index in [4.69, 9.17) is 0 Å². The molecule has 0 aliphatic heterocycles. The second-order valence-electron chi connectivity index (χ2n) is 5.98. The van der Waals surface area contributed by atoms with Gasteiger partial charge in [0, 0.05) is 5.54 Å². The summed E-state index contributed by atoms with van der Waals surface area (Å²) < 4.78 is 27.5. The lowest BCUT2D eigenvalue weighted by atomic mass is 9.92. The first-order valence-corrected chi connectivity index (χ1v) is 8.48. The minimum absolute atomic E-state index is 0.398. The maximum atomic E-state index is 12.4. The van der Waals surface area contributed by atoms with Crippen LogP contribution in [0, 0.1) is 0 Å². The van der Waals surface area contributed by atoms with E-state index >= 15 is 0 Å². The fraction of sp³-hybridized carbons (Fsp3) is 0.600. The lowest BCUT2D eigenvalue weighted by Crippen LogP contribution is -2.42. The Morgan fingerprint density at radius 2 is 1.79 bits per heavy atom. The summed E-state index contributed by atoms with van der Waals surface area (Å²) in [6, 6.07) is 5.56. The van der Waals surface area contributed by atoms with Crippen molar-refractivity contribution >= 4 is 10.0 Å². The van der Waals surface area contributed by atoms with Crippen LogP contribution < -0.4 is 4.72 Å². The van der Waals surface area contributed by atoms with Crippen molar-refractivity contribution in [3.05, 3.63) is 29.3 Å². The van der Waals surface area contributed by atoms with Crippen molar-refractivity contribution in [1.29, 1.82) is 0 Å². The summed E-state index contributed by atoms with van der Waals surface area (Å²) in [6.45, 7) is 5.79. The normalized spacial score (nSPS) is 16.2. The van der Waals surface area contributed by atoms with Crippen molar-refractivity contribution in [2.24, 2.45) is 0 Å². The van der Waals surface area contributed by atoms with Crippen LogP contribution in [0.3, 0.4) is 0 Å². The molecule has 106 valence electrons. The molecule has 1 aromatic carbocycles. The van der Waals surface area contributed by atoms with E-state index in [1.807, 2.05) is 32.9 Å². The Kier molecular flexibility index (Phi) is 4.02. The van der Waals surface area contributed by atoms with Gasteiger partial charge in [0.2, 0.25) is 10.0 Å². The van der Waals surface area contributed by atoms with E-state index in [0.717, 1.165) is 25.7 Å². The van der Waals surface area contributed by atoms with E-state index in [1.54, 1.807) is 6.07 Å². The van der Waals surface area contributed by atoms with Crippen molar-refractivity contribution in [3.63, 3.8) is 0 Å². The zero-order chi connectivity index (χ0) is 14.1. The predicted molar refractivity (Wildman–Crippen MR) is 77.8 cm³/mol. The Morgan fingerprint density at radius 3 is 2.42 bits per heavy atom. The van der Waals surface area contributed by atoms with Gasteiger partial charge in [0.25, 0.3) is 0 Å². The fourth-order valence-corrected chi connectivity index (χ4v) is 3.91. The molecule has 1 aliphatic carbocycles. The zero-order valence-corrected chi connectivity index (χ0v) is 12.8. The number of rotatable bonds is 4. The molecule has 1 aliphatic rings. The molecule has 0 fully saturated rings. The third-order valence-corrected chi connectivity index (χ3v) is 5.62. The molecule has 3 nitrogen and oxygen atoms in total. The number of hydrogen-bond acceptors (Lipinski definition) is 2. The summed E-state index contributed by atoms with van der Waals surface area (Å²) >= 11 is 0. The molecule has 0 saturated heterocycles. The summed E-state index contributed by atoms with van der Waals surface area (Å²) in [5.41, 5.74) is 2.10. The van der Waals surface area contributed by atoms with Crippen LogP contribution in [0.25, 0.3) is 0 Å². The fourth-order valence-electron chi connectivity index (χ4n) is 2.37. The average Bonchev–Trinajstić information content (AvgIpc) is 2.37. The van der Waals surface area contributed by atoms with Crippen molar-refractivity contribution < 1.29 is 8.42 Å². The number of nitrogens with one attached hydrogen (secondary N) is 1. The highest BCUT2D eigenvalue weighted by atomic mass is 32.2. The van der Waals surface area contributed by atoms with Crippen LogP contribution in [0.2, 0.25) is 0 Å². The summed E-state index contributed by atoms with van der Waals surface area (Å²) in [4.78, 5) is 0.398. The molecule has 0 spiro atoms. The highest BCUT2D eigenvalue weighted by Gasteiger charge is 2.25. The van der Waals surface area contributed by atoms with E-state index in [-0.39, 0.29) is 0 Å². The summed E-state index contributed by atoms with van der Waals surface area (Å²) in [7, 11) is -3.41. The van der Waals surface area contributed by atoms with Gasteiger partial charge in [0.05, 0.1) is 4.90 Å². The summed E-state index contributed by atoms with van der Waals surface area (Å²) in [6.07, 6.45) is 5.20. The Morgan fingerprint density at radius 1 is 1.16 bits per heavy atom. The van der Waals surface area contributed by atoms with Gasteiger partial charge in [-0.3, -0.25) is 0 Å². The minimum atomic E-state index is -3.41. The van der Waals surface area contributed by atoms with Crippen LogP contribution in [0.15, 0.2) is 23.1 Å². The first kappa shape index (κ1) is 14.5. The molecule has 0 heterocycles. The SMILES string of the molecule is CCC(C)(C)NS(=O)(=O)c1ccc2c(c1)CCCC2. The van der Waals surface area contributed by atoms with Crippen LogP contribution in [0.1, 0.15) is 51.2 Å². The molecule has 1 N–H and O–H groups in total. The molecular formula is C15H23NO2S.